The van der Waals surface area contributed by atoms with E-state index < -0.39 is 0 Å². The van der Waals surface area contributed by atoms with Crippen molar-refractivity contribution in [2.45, 2.75) is 18.9 Å². The van der Waals surface area contributed by atoms with Crippen LogP contribution in [0.15, 0.2) is 42.5 Å². The molecule has 98 valence electrons. The molecule has 0 bridgehead atoms. The standard InChI is InChI=1S/C16H16ClNO/c17-16-8-14(6-5-12(16)9-18)19-10-13-7-11-3-1-2-4-15(11)13/h1-6,8,13H,7,9-10,18H2. The van der Waals surface area contributed by atoms with Gasteiger partial charge in [-0.05, 0) is 35.2 Å². The number of hydrogen-bond acceptors (Lipinski definition) is 2. The molecular weight excluding hydrogens is 258 g/mol. The van der Waals surface area contributed by atoms with Gasteiger partial charge in [0.15, 0.2) is 0 Å². The molecule has 0 fully saturated rings. The minimum absolute atomic E-state index is 0.453. The number of benzene rings is 2. The third kappa shape index (κ3) is 2.46. The first-order valence-electron chi connectivity index (χ1n) is 6.47. The highest BCUT2D eigenvalue weighted by Crippen LogP contribution is 2.35. The van der Waals surface area contributed by atoms with Crippen LogP contribution in [-0.4, -0.2) is 6.61 Å². The largest absolute Gasteiger partial charge is 0.493 e. The number of fused-ring (bicyclic) bond motifs is 1. The maximum atomic E-state index is 6.11. The van der Waals surface area contributed by atoms with Crippen molar-refractivity contribution in [1.29, 1.82) is 0 Å². The predicted octanol–water partition coefficient (Wildman–Crippen LogP) is 3.52. The third-order valence-corrected chi connectivity index (χ3v) is 4.01. The molecule has 2 aromatic rings. The normalized spacial score (nSPS) is 16.6. The second-order valence-electron chi connectivity index (χ2n) is 4.87. The maximum Gasteiger partial charge on any atom is 0.120 e. The van der Waals surface area contributed by atoms with E-state index in [2.05, 4.69) is 24.3 Å². The fourth-order valence-corrected chi connectivity index (χ4v) is 2.74. The van der Waals surface area contributed by atoms with Crippen LogP contribution in [0.3, 0.4) is 0 Å². The number of hydrogen-bond donors (Lipinski definition) is 1. The van der Waals surface area contributed by atoms with E-state index in [1.54, 1.807) is 0 Å². The van der Waals surface area contributed by atoms with Crippen molar-refractivity contribution >= 4 is 11.6 Å². The summed E-state index contributed by atoms with van der Waals surface area (Å²) in [6, 6.07) is 14.2. The molecule has 0 aliphatic heterocycles. The van der Waals surface area contributed by atoms with E-state index in [0.717, 1.165) is 17.7 Å². The first kappa shape index (κ1) is 12.5. The summed E-state index contributed by atoms with van der Waals surface area (Å²) in [6.07, 6.45) is 1.10. The molecule has 0 radical (unpaired) electrons. The topological polar surface area (TPSA) is 35.2 Å². The molecule has 1 aliphatic rings. The SMILES string of the molecule is NCc1ccc(OCC2Cc3ccccc32)cc1Cl. The molecule has 0 aromatic heterocycles. The molecule has 1 atom stereocenters. The van der Waals surface area contributed by atoms with Gasteiger partial charge in [-0.25, -0.2) is 0 Å². The smallest absolute Gasteiger partial charge is 0.120 e. The van der Waals surface area contributed by atoms with Gasteiger partial charge in [0.2, 0.25) is 0 Å². The number of nitrogens with two attached hydrogens (primary N) is 1. The lowest BCUT2D eigenvalue weighted by molar-refractivity contribution is 0.275. The fraction of sp³-hybridized carbons (Fsp3) is 0.250. The van der Waals surface area contributed by atoms with Gasteiger partial charge in [-0.2, -0.15) is 0 Å². The summed E-state index contributed by atoms with van der Waals surface area (Å²) in [7, 11) is 0. The summed E-state index contributed by atoms with van der Waals surface area (Å²) >= 11 is 6.11. The molecule has 0 heterocycles. The molecule has 2 aromatic carbocycles. The molecule has 19 heavy (non-hydrogen) atoms. The zero-order valence-corrected chi connectivity index (χ0v) is 11.4. The van der Waals surface area contributed by atoms with Gasteiger partial charge in [0.25, 0.3) is 0 Å². The highest BCUT2D eigenvalue weighted by atomic mass is 35.5. The minimum atomic E-state index is 0.453. The summed E-state index contributed by atoms with van der Waals surface area (Å²) in [5, 5.41) is 0.675. The summed E-state index contributed by atoms with van der Waals surface area (Å²) in [6.45, 7) is 1.16. The van der Waals surface area contributed by atoms with Gasteiger partial charge < -0.3 is 10.5 Å². The zero-order valence-electron chi connectivity index (χ0n) is 10.6. The van der Waals surface area contributed by atoms with Crippen LogP contribution in [0.5, 0.6) is 5.75 Å². The molecule has 0 saturated carbocycles. The first-order valence-corrected chi connectivity index (χ1v) is 6.85. The Hall–Kier alpha value is -1.51. The van der Waals surface area contributed by atoms with Gasteiger partial charge >= 0.3 is 0 Å². The van der Waals surface area contributed by atoms with Gasteiger partial charge in [-0.3, -0.25) is 0 Å². The molecule has 0 saturated heterocycles. The van der Waals surface area contributed by atoms with E-state index in [-0.39, 0.29) is 0 Å². The van der Waals surface area contributed by atoms with E-state index in [1.807, 2.05) is 18.2 Å². The van der Waals surface area contributed by atoms with Gasteiger partial charge in [-0.1, -0.05) is 41.9 Å². The Balaban J connectivity index is 1.64. The van der Waals surface area contributed by atoms with E-state index in [0.29, 0.717) is 24.1 Å². The van der Waals surface area contributed by atoms with Crippen molar-refractivity contribution in [3.05, 3.63) is 64.2 Å². The van der Waals surface area contributed by atoms with Crippen LogP contribution in [0.4, 0.5) is 0 Å². The van der Waals surface area contributed by atoms with Gasteiger partial charge in [0, 0.05) is 17.5 Å². The Morgan fingerprint density at radius 3 is 2.79 bits per heavy atom. The van der Waals surface area contributed by atoms with E-state index in [9.17, 15) is 0 Å². The van der Waals surface area contributed by atoms with Crippen LogP contribution >= 0.6 is 11.6 Å². The lowest BCUT2D eigenvalue weighted by Gasteiger charge is -2.29. The van der Waals surface area contributed by atoms with Crippen molar-refractivity contribution in [3.63, 3.8) is 0 Å². The van der Waals surface area contributed by atoms with Crippen LogP contribution < -0.4 is 10.5 Å². The Morgan fingerprint density at radius 1 is 1.21 bits per heavy atom. The minimum Gasteiger partial charge on any atom is -0.493 e. The number of halogens is 1. The van der Waals surface area contributed by atoms with E-state index in [4.69, 9.17) is 22.1 Å². The Labute approximate surface area is 118 Å². The molecule has 3 rings (SSSR count). The summed E-state index contributed by atoms with van der Waals surface area (Å²) in [5.74, 6) is 1.32. The zero-order chi connectivity index (χ0) is 13.2. The Morgan fingerprint density at radius 2 is 2.05 bits per heavy atom. The van der Waals surface area contributed by atoms with Crippen molar-refractivity contribution in [2.24, 2.45) is 5.73 Å². The lowest BCUT2D eigenvalue weighted by Crippen LogP contribution is -2.23. The molecule has 2 nitrogen and oxygen atoms in total. The fourth-order valence-electron chi connectivity index (χ4n) is 2.49. The second-order valence-corrected chi connectivity index (χ2v) is 5.28. The Kier molecular flexibility index (Phi) is 3.45. The van der Waals surface area contributed by atoms with Crippen molar-refractivity contribution in [3.8, 4) is 5.75 Å². The average molecular weight is 274 g/mol. The second kappa shape index (κ2) is 5.24. The van der Waals surface area contributed by atoms with E-state index in [1.165, 1.54) is 11.1 Å². The van der Waals surface area contributed by atoms with Gasteiger partial charge in [0.05, 0.1) is 6.61 Å². The van der Waals surface area contributed by atoms with Crippen LogP contribution in [0.1, 0.15) is 22.6 Å². The molecule has 2 N–H and O–H groups in total. The summed E-state index contributed by atoms with van der Waals surface area (Å²) in [5.41, 5.74) is 9.38. The molecule has 1 unspecified atom stereocenters. The quantitative estimate of drug-likeness (QED) is 0.925. The molecule has 0 spiro atoms. The number of ether oxygens (including phenoxy) is 1. The average Bonchev–Trinajstić information content (AvgIpc) is 2.40. The summed E-state index contributed by atoms with van der Waals surface area (Å²) in [4.78, 5) is 0. The molecule has 3 heteroatoms. The maximum absolute atomic E-state index is 6.11. The highest BCUT2D eigenvalue weighted by molar-refractivity contribution is 6.31. The van der Waals surface area contributed by atoms with Crippen molar-refractivity contribution < 1.29 is 4.74 Å². The number of rotatable bonds is 4. The highest BCUT2D eigenvalue weighted by Gasteiger charge is 2.25. The monoisotopic (exact) mass is 273 g/mol. The lowest BCUT2D eigenvalue weighted by atomic mass is 9.78. The third-order valence-electron chi connectivity index (χ3n) is 3.66. The van der Waals surface area contributed by atoms with Crippen LogP contribution in [0.2, 0.25) is 5.02 Å². The van der Waals surface area contributed by atoms with Gasteiger partial charge in [-0.15, -0.1) is 0 Å². The molecule has 0 amide bonds. The molecule has 1 aliphatic carbocycles. The predicted molar refractivity (Wildman–Crippen MR) is 77.7 cm³/mol. The van der Waals surface area contributed by atoms with Crippen molar-refractivity contribution in [2.75, 3.05) is 6.61 Å². The molecular formula is C16H16ClNO. The van der Waals surface area contributed by atoms with Gasteiger partial charge in [0.1, 0.15) is 5.75 Å². The van der Waals surface area contributed by atoms with E-state index >= 15 is 0 Å². The van der Waals surface area contributed by atoms with Crippen LogP contribution in [-0.2, 0) is 13.0 Å². The van der Waals surface area contributed by atoms with Crippen molar-refractivity contribution in [1.82, 2.24) is 0 Å². The Bertz CT molecular complexity index is 597. The first-order chi connectivity index (χ1) is 9.28. The van der Waals surface area contributed by atoms with Crippen LogP contribution in [0.25, 0.3) is 0 Å². The van der Waals surface area contributed by atoms with Crippen LogP contribution in [0, 0.1) is 0 Å². The summed E-state index contributed by atoms with van der Waals surface area (Å²) < 4.78 is 5.82.